The van der Waals surface area contributed by atoms with Gasteiger partial charge in [-0.3, -0.25) is 0 Å². The van der Waals surface area contributed by atoms with E-state index in [0.29, 0.717) is 6.08 Å². The molecule has 7 nitrogen and oxygen atoms in total. The minimum atomic E-state index is -3.06. The lowest BCUT2D eigenvalue weighted by molar-refractivity contribution is -0.135. The third-order valence-electron chi connectivity index (χ3n) is 2.18. The number of aliphatic carboxylic acids is 2. The molecule has 0 aromatic carbocycles. The van der Waals surface area contributed by atoms with Gasteiger partial charge in [-0.2, -0.15) is 0 Å². The van der Waals surface area contributed by atoms with Crippen LogP contribution in [0.4, 0.5) is 0 Å². The summed E-state index contributed by atoms with van der Waals surface area (Å²) in [7, 11) is -1.42. The number of halogens is 1. The summed E-state index contributed by atoms with van der Waals surface area (Å²) in [6, 6.07) is 0. The van der Waals surface area contributed by atoms with Gasteiger partial charge in [0.25, 0.3) is 0 Å². The first-order valence-electron chi connectivity index (χ1n) is 5.15. The lowest BCUT2D eigenvalue weighted by Gasteiger charge is -2.15. The molecule has 0 aliphatic heterocycles. The topological polar surface area (TPSA) is 112 Å². The monoisotopic (exact) mass is 315 g/mol. The highest BCUT2D eigenvalue weighted by molar-refractivity contribution is 7.90. The fourth-order valence-corrected chi connectivity index (χ4v) is 1.78. The van der Waals surface area contributed by atoms with Gasteiger partial charge in [0.1, 0.15) is 9.84 Å². The molecule has 0 amide bonds. The van der Waals surface area contributed by atoms with Gasteiger partial charge in [-0.25, -0.2) is 18.0 Å². The first kappa shape index (κ1) is 20.2. The van der Waals surface area contributed by atoms with Crippen molar-refractivity contribution in [1.29, 1.82) is 0 Å². The predicted molar refractivity (Wildman–Crippen MR) is 72.4 cm³/mol. The minimum Gasteiger partial charge on any atom is -0.478 e. The summed E-state index contributed by atoms with van der Waals surface area (Å²) in [5.74, 6) is -2.62. The molecule has 0 spiro atoms. The largest absolute Gasteiger partial charge is 0.478 e. The van der Waals surface area contributed by atoms with Gasteiger partial charge in [-0.15, -0.1) is 12.4 Å². The maximum atomic E-state index is 10.9. The van der Waals surface area contributed by atoms with Crippen LogP contribution in [0.5, 0.6) is 0 Å². The summed E-state index contributed by atoms with van der Waals surface area (Å²) in [6.07, 6.45) is 1.81. The SMILES string of the molecule is CN(CC/C(=C\C(=O)O)C(=O)O)CCS(C)(=O)=O.Cl. The highest BCUT2D eigenvalue weighted by atomic mass is 35.5. The molecular weight excluding hydrogens is 298 g/mol. The molecule has 0 rings (SSSR count). The maximum Gasteiger partial charge on any atom is 0.331 e. The molecule has 0 unspecified atom stereocenters. The molecule has 2 N–H and O–H groups in total. The first-order chi connectivity index (χ1) is 8.11. The number of sulfone groups is 1. The molecule has 0 aromatic rings. The van der Waals surface area contributed by atoms with Crippen LogP contribution < -0.4 is 0 Å². The van der Waals surface area contributed by atoms with Crippen LogP contribution in [0, 0.1) is 0 Å². The van der Waals surface area contributed by atoms with Gasteiger partial charge < -0.3 is 15.1 Å². The van der Waals surface area contributed by atoms with E-state index in [-0.39, 0.29) is 43.2 Å². The van der Waals surface area contributed by atoms with Gasteiger partial charge in [-0.1, -0.05) is 0 Å². The average Bonchev–Trinajstić information content (AvgIpc) is 2.19. The molecule has 0 heterocycles. The van der Waals surface area contributed by atoms with Crippen molar-refractivity contribution in [2.24, 2.45) is 0 Å². The number of rotatable bonds is 8. The quantitative estimate of drug-likeness (QED) is 0.600. The molecule has 0 atom stereocenters. The second-order valence-corrected chi connectivity index (χ2v) is 6.26. The van der Waals surface area contributed by atoms with Crippen LogP contribution in [0.2, 0.25) is 0 Å². The summed E-state index contributed by atoms with van der Waals surface area (Å²) < 4.78 is 21.8. The Balaban J connectivity index is 0. The van der Waals surface area contributed by atoms with Gasteiger partial charge in [0.15, 0.2) is 0 Å². The highest BCUT2D eigenvalue weighted by Gasteiger charge is 2.11. The predicted octanol–water partition coefficient (Wildman–Crippen LogP) is -0.130. The Kier molecular flexibility index (Phi) is 9.45. The zero-order valence-electron chi connectivity index (χ0n) is 10.7. The Morgan fingerprint density at radius 2 is 1.74 bits per heavy atom. The molecule has 0 bridgehead atoms. The van der Waals surface area contributed by atoms with Crippen LogP contribution in [-0.2, 0) is 19.4 Å². The summed E-state index contributed by atoms with van der Waals surface area (Å²) in [4.78, 5) is 22.7. The van der Waals surface area contributed by atoms with Crippen LogP contribution in [0.15, 0.2) is 11.6 Å². The highest BCUT2D eigenvalue weighted by Crippen LogP contribution is 2.03. The molecule has 0 aromatic heterocycles. The third-order valence-corrected chi connectivity index (χ3v) is 3.10. The van der Waals surface area contributed by atoms with Crippen molar-refractivity contribution in [3.63, 3.8) is 0 Å². The lowest BCUT2D eigenvalue weighted by Crippen LogP contribution is -2.27. The third kappa shape index (κ3) is 11.7. The van der Waals surface area contributed by atoms with Crippen LogP contribution >= 0.6 is 12.4 Å². The minimum absolute atomic E-state index is 0. The fraction of sp³-hybridized carbons (Fsp3) is 0.600. The summed E-state index contributed by atoms with van der Waals surface area (Å²) in [6.45, 7) is 0.555. The smallest absolute Gasteiger partial charge is 0.331 e. The zero-order valence-corrected chi connectivity index (χ0v) is 12.3. The Hall–Kier alpha value is -1.12. The van der Waals surface area contributed by atoms with Gasteiger partial charge in [0.05, 0.1) is 5.75 Å². The van der Waals surface area contributed by atoms with E-state index in [2.05, 4.69) is 0 Å². The molecular formula is C10H18ClNO6S. The number of carbonyl (C=O) groups is 2. The van der Waals surface area contributed by atoms with Gasteiger partial charge in [0.2, 0.25) is 0 Å². The molecule has 19 heavy (non-hydrogen) atoms. The summed E-state index contributed by atoms with van der Waals surface area (Å²) >= 11 is 0. The summed E-state index contributed by atoms with van der Waals surface area (Å²) in [5, 5.41) is 17.2. The van der Waals surface area contributed by atoms with Crippen LogP contribution in [0.3, 0.4) is 0 Å². The summed E-state index contributed by atoms with van der Waals surface area (Å²) in [5.41, 5.74) is -0.214. The van der Waals surface area contributed by atoms with Crippen LogP contribution in [0.1, 0.15) is 6.42 Å². The molecule has 112 valence electrons. The van der Waals surface area contributed by atoms with Crippen molar-refractivity contribution in [3.05, 3.63) is 11.6 Å². The molecule has 0 aliphatic carbocycles. The van der Waals surface area contributed by atoms with Gasteiger partial charge >= 0.3 is 11.9 Å². The molecule has 0 fully saturated rings. The zero-order chi connectivity index (χ0) is 14.3. The second kappa shape index (κ2) is 8.89. The van der Waals surface area contributed by atoms with Crippen LogP contribution in [-0.4, -0.2) is 67.6 Å². The number of nitrogens with zero attached hydrogens (tertiary/aromatic N) is 1. The molecule has 0 radical (unpaired) electrons. The number of hydrogen-bond acceptors (Lipinski definition) is 5. The normalized spacial score (nSPS) is 12.1. The van der Waals surface area contributed by atoms with Crippen molar-refractivity contribution < 1.29 is 28.2 Å². The number of hydrogen-bond donors (Lipinski definition) is 2. The van der Waals surface area contributed by atoms with E-state index in [9.17, 15) is 18.0 Å². The fourth-order valence-electron chi connectivity index (χ4n) is 1.13. The maximum absolute atomic E-state index is 10.9. The first-order valence-corrected chi connectivity index (χ1v) is 7.21. The van der Waals surface area contributed by atoms with Crippen molar-refractivity contribution in [2.75, 3.05) is 32.1 Å². The van der Waals surface area contributed by atoms with E-state index in [1.54, 1.807) is 11.9 Å². The van der Waals surface area contributed by atoms with E-state index >= 15 is 0 Å². The van der Waals surface area contributed by atoms with E-state index in [1.165, 1.54) is 0 Å². The number of carboxylic acid groups (broad SMARTS) is 2. The Bertz CT molecular complexity index is 445. The van der Waals surface area contributed by atoms with Crippen molar-refractivity contribution in [2.45, 2.75) is 6.42 Å². The number of carboxylic acids is 2. The molecule has 0 saturated heterocycles. The van der Waals surface area contributed by atoms with E-state index in [1.807, 2.05) is 0 Å². The lowest BCUT2D eigenvalue weighted by atomic mass is 10.1. The Morgan fingerprint density at radius 3 is 2.11 bits per heavy atom. The van der Waals surface area contributed by atoms with Crippen molar-refractivity contribution >= 4 is 34.2 Å². The Labute approximate surface area is 118 Å². The second-order valence-electron chi connectivity index (χ2n) is 4.00. The standard InChI is InChI=1S/C10H17NO6S.ClH/c1-11(5-6-18(2,16)17)4-3-8(10(14)15)7-9(12)13;/h7H,3-6H2,1-2H3,(H,12,13)(H,14,15);1H/b8-7+;. The van der Waals surface area contributed by atoms with E-state index in [0.717, 1.165) is 6.26 Å². The Morgan fingerprint density at radius 1 is 1.21 bits per heavy atom. The van der Waals surface area contributed by atoms with E-state index in [4.69, 9.17) is 10.2 Å². The van der Waals surface area contributed by atoms with E-state index < -0.39 is 21.8 Å². The van der Waals surface area contributed by atoms with Crippen molar-refractivity contribution in [1.82, 2.24) is 4.90 Å². The van der Waals surface area contributed by atoms with Gasteiger partial charge in [0, 0.05) is 31.0 Å². The van der Waals surface area contributed by atoms with Crippen molar-refractivity contribution in [3.8, 4) is 0 Å². The average molecular weight is 316 g/mol. The molecule has 9 heteroatoms. The molecule has 0 saturated carbocycles. The molecule has 0 aliphatic rings. The van der Waals surface area contributed by atoms with Crippen LogP contribution in [0.25, 0.3) is 0 Å². The van der Waals surface area contributed by atoms with Gasteiger partial charge in [-0.05, 0) is 13.5 Å².